The predicted molar refractivity (Wildman–Crippen MR) is 227 cm³/mol. The van der Waals surface area contributed by atoms with Gasteiger partial charge in [0.15, 0.2) is 5.58 Å². The van der Waals surface area contributed by atoms with Crippen LogP contribution in [0.3, 0.4) is 0 Å². The molecule has 0 fully saturated rings. The third-order valence-electron chi connectivity index (χ3n) is 10.7. The Labute approximate surface area is 317 Å². The van der Waals surface area contributed by atoms with Gasteiger partial charge in [-0.25, -0.2) is 4.98 Å². The van der Waals surface area contributed by atoms with Crippen molar-refractivity contribution in [3.8, 4) is 33.7 Å². The number of hydrogen-bond acceptors (Lipinski definition) is 4. The summed E-state index contributed by atoms with van der Waals surface area (Å²) in [6.45, 7) is 0. The molecule has 0 spiro atoms. The van der Waals surface area contributed by atoms with Gasteiger partial charge < -0.3 is 13.7 Å². The molecule has 0 saturated heterocycles. The number of para-hydroxylation sites is 2. The molecule has 4 nitrogen and oxygen atoms in total. The Morgan fingerprint density at radius 3 is 1.71 bits per heavy atom. The van der Waals surface area contributed by atoms with Gasteiger partial charge in [-0.15, -0.1) is 0 Å². The Balaban J connectivity index is 1.04. The lowest BCUT2D eigenvalue weighted by molar-refractivity contribution is 0.617. The van der Waals surface area contributed by atoms with Crippen LogP contribution in [-0.2, 0) is 0 Å². The molecule has 258 valence electrons. The number of fused-ring (bicyclic) bond motifs is 7. The highest BCUT2D eigenvalue weighted by Gasteiger charge is 2.22. The summed E-state index contributed by atoms with van der Waals surface area (Å²) in [6, 6.07) is 68.1. The van der Waals surface area contributed by atoms with Crippen LogP contribution >= 0.6 is 0 Å². The Hall–Kier alpha value is -7.43. The first kappa shape index (κ1) is 31.1. The monoisotopic (exact) mass is 704 g/mol. The molecule has 0 radical (unpaired) electrons. The van der Waals surface area contributed by atoms with Crippen molar-refractivity contribution in [2.75, 3.05) is 4.90 Å². The second-order valence-electron chi connectivity index (χ2n) is 13.9. The Morgan fingerprint density at radius 2 is 0.964 bits per heavy atom. The molecule has 4 heteroatoms. The number of anilines is 3. The molecule has 2 heterocycles. The average Bonchev–Trinajstić information content (AvgIpc) is 3.85. The van der Waals surface area contributed by atoms with Gasteiger partial charge in [-0.1, -0.05) is 127 Å². The zero-order valence-electron chi connectivity index (χ0n) is 29.7. The van der Waals surface area contributed by atoms with Crippen LogP contribution in [0.5, 0.6) is 0 Å². The van der Waals surface area contributed by atoms with E-state index in [-0.39, 0.29) is 0 Å². The van der Waals surface area contributed by atoms with Crippen LogP contribution < -0.4 is 4.90 Å². The van der Waals surface area contributed by atoms with Gasteiger partial charge >= 0.3 is 0 Å². The quantitative estimate of drug-likeness (QED) is 0.162. The third kappa shape index (κ3) is 5.19. The lowest BCUT2D eigenvalue weighted by Crippen LogP contribution is -2.09. The Morgan fingerprint density at radius 1 is 0.382 bits per heavy atom. The molecule has 11 rings (SSSR count). The second-order valence-corrected chi connectivity index (χ2v) is 13.9. The van der Waals surface area contributed by atoms with Crippen LogP contribution in [0.25, 0.3) is 88.3 Å². The summed E-state index contributed by atoms with van der Waals surface area (Å²) in [5.74, 6) is 0.584. The summed E-state index contributed by atoms with van der Waals surface area (Å²) in [5.41, 5.74) is 11.7. The molecule has 0 aliphatic heterocycles. The van der Waals surface area contributed by atoms with Crippen LogP contribution in [0.15, 0.2) is 203 Å². The van der Waals surface area contributed by atoms with Crippen molar-refractivity contribution >= 4 is 71.6 Å². The number of benzene rings is 9. The van der Waals surface area contributed by atoms with Crippen LogP contribution in [0.4, 0.5) is 17.1 Å². The van der Waals surface area contributed by atoms with Gasteiger partial charge in [-0.05, 0) is 98.9 Å². The standard InChI is InChI=1S/C51H32N2O2/c1-3-13-35(14-4-1)51-52-50-47(55-51)32-46-49(43-21-11-12-22-45(43)54-46)48(50)34-25-29-39(30-26-34)53(37-16-5-2-6-17-37)38-27-23-33(24-28-38)44-31-36-15-7-8-18-40(36)41-19-9-10-20-42(41)44/h1-32H. The van der Waals surface area contributed by atoms with Crippen LogP contribution in [0.2, 0.25) is 0 Å². The minimum absolute atomic E-state index is 0.584. The normalized spacial score (nSPS) is 11.6. The molecule has 55 heavy (non-hydrogen) atoms. The highest BCUT2D eigenvalue weighted by Crippen LogP contribution is 2.44. The van der Waals surface area contributed by atoms with E-state index in [1.807, 2.05) is 48.5 Å². The maximum absolute atomic E-state index is 6.41. The van der Waals surface area contributed by atoms with E-state index in [0.29, 0.717) is 11.5 Å². The molecule has 0 atom stereocenters. The number of aromatic nitrogens is 1. The van der Waals surface area contributed by atoms with E-state index < -0.39 is 0 Å². The molecular weight excluding hydrogens is 673 g/mol. The molecule has 11 aromatic rings. The van der Waals surface area contributed by atoms with Crippen molar-refractivity contribution in [1.29, 1.82) is 0 Å². The van der Waals surface area contributed by atoms with E-state index >= 15 is 0 Å². The fourth-order valence-corrected chi connectivity index (χ4v) is 8.14. The highest BCUT2D eigenvalue weighted by molar-refractivity contribution is 6.19. The molecule has 0 saturated carbocycles. The molecular formula is C51H32N2O2. The van der Waals surface area contributed by atoms with Crippen LogP contribution in [-0.4, -0.2) is 4.98 Å². The predicted octanol–water partition coefficient (Wildman–Crippen LogP) is 14.5. The van der Waals surface area contributed by atoms with Crippen molar-refractivity contribution in [3.05, 3.63) is 194 Å². The zero-order chi connectivity index (χ0) is 36.3. The van der Waals surface area contributed by atoms with Crippen LogP contribution in [0.1, 0.15) is 0 Å². The fraction of sp³-hybridized carbons (Fsp3) is 0. The van der Waals surface area contributed by atoms with Crippen molar-refractivity contribution in [1.82, 2.24) is 4.98 Å². The first-order chi connectivity index (χ1) is 27.3. The molecule has 9 aromatic carbocycles. The van der Waals surface area contributed by atoms with Crippen molar-refractivity contribution < 1.29 is 8.83 Å². The van der Waals surface area contributed by atoms with E-state index in [1.165, 1.54) is 32.7 Å². The first-order valence-corrected chi connectivity index (χ1v) is 18.5. The Bertz CT molecular complexity index is 3180. The minimum Gasteiger partial charge on any atom is -0.456 e. The van der Waals surface area contributed by atoms with Gasteiger partial charge in [0, 0.05) is 45.0 Å². The summed E-state index contributed by atoms with van der Waals surface area (Å²) < 4.78 is 12.8. The Kier molecular flexibility index (Phi) is 7.14. The summed E-state index contributed by atoms with van der Waals surface area (Å²) in [4.78, 5) is 7.40. The number of rotatable bonds is 6. The minimum atomic E-state index is 0.584. The highest BCUT2D eigenvalue weighted by atomic mass is 16.4. The van der Waals surface area contributed by atoms with Gasteiger partial charge in [0.2, 0.25) is 5.89 Å². The molecule has 0 N–H and O–H groups in total. The lowest BCUT2D eigenvalue weighted by atomic mass is 9.93. The first-order valence-electron chi connectivity index (χ1n) is 18.5. The summed E-state index contributed by atoms with van der Waals surface area (Å²) in [5, 5.41) is 7.11. The molecule has 0 amide bonds. The SMILES string of the molecule is c1ccc(-c2nc3c(-c4ccc(N(c5ccccc5)c5ccc(-c6cc7ccccc7c7ccccc67)cc5)cc4)c4c(cc3o2)oc2ccccc24)cc1. The topological polar surface area (TPSA) is 42.4 Å². The summed E-state index contributed by atoms with van der Waals surface area (Å²) >= 11 is 0. The van der Waals surface area contributed by atoms with Gasteiger partial charge in [0.25, 0.3) is 0 Å². The van der Waals surface area contributed by atoms with E-state index in [1.54, 1.807) is 0 Å². The number of furan rings is 1. The average molecular weight is 705 g/mol. The third-order valence-corrected chi connectivity index (χ3v) is 10.7. The van der Waals surface area contributed by atoms with Crippen LogP contribution in [0, 0.1) is 0 Å². The van der Waals surface area contributed by atoms with Crippen molar-refractivity contribution in [2.45, 2.75) is 0 Å². The zero-order valence-corrected chi connectivity index (χ0v) is 29.7. The lowest BCUT2D eigenvalue weighted by Gasteiger charge is -2.26. The maximum atomic E-state index is 6.41. The van der Waals surface area contributed by atoms with E-state index in [4.69, 9.17) is 13.8 Å². The van der Waals surface area contributed by atoms with Gasteiger partial charge in [-0.2, -0.15) is 0 Å². The van der Waals surface area contributed by atoms with Gasteiger partial charge in [0.1, 0.15) is 16.7 Å². The van der Waals surface area contributed by atoms with E-state index in [2.05, 4.69) is 150 Å². The van der Waals surface area contributed by atoms with Gasteiger partial charge in [-0.3, -0.25) is 0 Å². The fourth-order valence-electron chi connectivity index (χ4n) is 8.14. The number of oxazole rings is 1. The number of hydrogen-bond donors (Lipinski definition) is 0. The summed E-state index contributed by atoms with van der Waals surface area (Å²) in [7, 11) is 0. The maximum Gasteiger partial charge on any atom is 0.227 e. The van der Waals surface area contributed by atoms with Gasteiger partial charge in [0.05, 0.1) is 0 Å². The molecule has 2 aromatic heterocycles. The van der Waals surface area contributed by atoms with E-state index in [0.717, 1.165) is 61.2 Å². The largest absolute Gasteiger partial charge is 0.456 e. The van der Waals surface area contributed by atoms with E-state index in [9.17, 15) is 0 Å². The molecule has 0 aliphatic rings. The summed E-state index contributed by atoms with van der Waals surface area (Å²) in [6.07, 6.45) is 0. The molecule has 0 bridgehead atoms. The smallest absolute Gasteiger partial charge is 0.227 e. The van der Waals surface area contributed by atoms with Crippen molar-refractivity contribution in [3.63, 3.8) is 0 Å². The molecule has 0 aliphatic carbocycles. The van der Waals surface area contributed by atoms with Crippen molar-refractivity contribution in [2.24, 2.45) is 0 Å². The second kappa shape index (κ2) is 12.6. The number of nitrogens with zero attached hydrogens (tertiary/aromatic N) is 2. The molecule has 0 unspecified atom stereocenters.